The summed E-state index contributed by atoms with van der Waals surface area (Å²) in [5.41, 5.74) is 3.94. The van der Waals surface area contributed by atoms with Crippen LogP contribution in [0.5, 0.6) is 11.5 Å². The Kier molecular flexibility index (Phi) is 7.34. The van der Waals surface area contributed by atoms with Crippen molar-refractivity contribution in [2.24, 2.45) is 5.10 Å². The lowest BCUT2D eigenvalue weighted by Crippen LogP contribution is -2.18. The first kappa shape index (κ1) is 22.0. The molecule has 0 aliphatic heterocycles. The number of amides is 1. The van der Waals surface area contributed by atoms with Gasteiger partial charge in [0.15, 0.2) is 0 Å². The lowest BCUT2D eigenvalue weighted by atomic mass is 10.1. The molecule has 8 nitrogen and oxygen atoms in total. The van der Waals surface area contributed by atoms with E-state index in [9.17, 15) is 14.9 Å². The summed E-state index contributed by atoms with van der Waals surface area (Å²) in [5.74, 6) is 0.294. The number of hydrazone groups is 1. The van der Waals surface area contributed by atoms with E-state index in [1.165, 1.54) is 25.5 Å². The summed E-state index contributed by atoms with van der Waals surface area (Å²) in [6.45, 7) is 0.446. The van der Waals surface area contributed by atoms with E-state index in [0.29, 0.717) is 12.4 Å². The van der Waals surface area contributed by atoms with Crippen LogP contribution >= 0.6 is 15.9 Å². The van der Waals surface area contributed by atoms with E-state index in [1.54, 1.807) is 24.3 Å². The van der Waals surface area contributed by atoms with Crippen molar-refractivity contribution in [2.45, 2.75) is 6.61 Å². The molecule has 31 heavy (non-hydrogen) atoms. The predicted octanol–water partition coefficient (Wildman–Crippen LogP) is 4.71. The molecule has 3 aromatic carbocycles. The Morgan fingerprint density at radius 1 is 1.13 bits per heavy atom. The first-order valence-corrected chi connectivity index (χ1v) is 9.88. The number of benzene rings is 3. The monoisotopic (exact) mass is 483 g/mol. The molecule has 0 radical (unpaired) electrons. The second-order valence-electron chi connectivity index (χ2n) is 6.32. The highest BCUT2D eigenvalue weighted by Crippen LogP contribution is 2.24. The molecule has 0 aliphatic rings. The number of hydrogen-bond acceptors (Lipinski definition) is 6. The van der Waals surface area contributed by atoms with Crippen molar-refractivity contribution in [1.29, 1.82) is 0 Å². The van der Waals surface area contributed by atoms with E-state index in [-0.39, 0.29) is 17.0 Å². The fourth-order valence-corrected chi connectivity index (χ4v) is 2.87. The molecule has 0 saturated heterocycles. The average molecular weight is 484 g/mol. The number of methoxy groups -OCH3 is 1. The Morgan fingerprint density at radius 3 is 2.48 bits per heavy atom. The largest absolute Gasteiger partial charge is 0.496 e. The van der Waals surface area contributed by atoms with Gasteiger partial charge in [0.05, 0.1) is 23.8 Å². The molecule has 0 unspecified atom stereocenters. The molecule has 1 amide bonds. The van der Waals surface area contributed by atoms with Gasteiger partial charge in [-0.25, -0.2) is 5.43 Å². The Morgan fingerprint density at radius 2 is 1.84 bits per heavy atom. The third kappa shape index (κ3) is 6.13. The quantitative estimate of drug-likeness (QED) is 0.284. The highest BCUT2D eigenvalue weighted by Gasteiger charge is 2.17. The van der Waals surface area contributed by atoms with Gasteiger partial charge in [-0.05, 0) is 53.6 Å². The van der Waals surface area contributed by atoms with Crippen LogP contribution in [0.4, 0.5) is 5.69 Å². The Hall–Kier alpha value is -3.72. The number of rotatable bonds is 8. The molecule has 3 aromatic rings. The number of nitrogens with one attached hydrogen (secondary N) is 1. The summed E-state index contributed by atoms with van der Waals surface area (Å²) in [5, 5.41) is 14.8. The number of carbonyl (C=O) groups excluding carboxylic acids is 1. The summed E-state index contributed by atoms with van der Waals surface area (Å²) >= 11 is 3.40. The van der Waals surface area contributed by atoms with E-state index in [2.05, 4.69) is 26.5 Å². The maximum absolute atomic E-state index is 12.3. The van der Waals surface area contributed by atoms with Crippen molar-refractivity contribution in [2.75, 3.05) is 7.11 Å². The molecule has 0 aliphatic carbocycles. The Bertz CT molecular complexity index is 1100. The number of nitrogens with zero attached hydrogens (tertiary/aromatic N) is 2. The van der Waals surface area contributed by atoms with Crippen LogP contribution in [0, 0.1) is 10.1 Å². The average Bonchev–Trinajstić information content (AvgIpc) is 2.79. The second-order valence-corrected chi connectivity index (χ2v) is 7.24. The van der Waals surface area contributed by atoms with Crippen LogP contribution in [-0.2, 0) is 6.61 Å². The van der Waals surface area contributed by atoms with Gasteiger partial charge in [-0.15, -0.1) is 0 Å². The van der Waals surface area contributed by atoms with Crippen molar-refractivity contribution < 1.29 is 19.2 Å². The van der Waals surface area contributed by atoms with Gasteiger partial charge in [-0.2, -0.15) is 5.10 Å². The van der Waals surface area contributed by atoms with E-state index in [1.807, 2.05) is 24.3 Å². The fourth-order valence-electron chi connectivity index (χ4n) is 2.61. The van der Waals surface area contributed by atoms with Crippen molar-refractivity contribution in [3.05, 3.63) is 98.0 Å². The van der Waals surface area contributed by atoms with Gasteiger partial charge in [-0.1, -0.05) is 28.1 Å². The summed E-state index contributed by atoms with van der Waals surface area (Å²) in [4.78, 5) is 22.7. The van der Waals surface area contributed by atoms with Crippen LogP contribution < -0.4 is 14.9 Å². The zero-order chi connectivity index (χ0) is 22.2. The maximum atomic E-state index is 12.3. The molecule has 0 saturated carbocycles. The Labute approximate surface area is 186 Å². The van der Waals surface area contributed by atoms with Gasteiger partial charge in [0.2, 0.25) is 0 Å². The highest BCUT2D eigenvalue weighted by atomic mass is 79.9. The van der Waals surface area contributed by atoms with E-state index >= 15 is 0 Å². The number of hydrogen-bond donors (Lipinski definition) is 1. The minimum atomic E-state index is -0.619. The minimum absolute atomic E-state index is 0.0190. The zero-order valence-electron chi connectivity index (χ0n) is 16.4. The fraction of sp³-hybridized carbons (Fsp3) is 0.0909. The Balaban J connectivity index is 1.58. The molecule has 0 heterocycles. The second kappa shape index (κ2) is 10.4. The SMILES string of the molecule is COc1ccc([N+](=O)[O-])cc1C(=O)N/N=C\c1ccc(OCc2ccc(Br)cc2)cc1. The van der Waals surface area contributed by atoms with Gasteiger partial charge < -0.3 is 9.47 Å². The first-order valence-electron chi connectivity index (χ1n) is 9.09. The zero-order valence-corrected chi connectivity index (χ0v) is 18.0. The number of ether oxygens (including phenoxy) is 2. The van der Waals surface area contributed by atoms with Crippen molar-refractivity contribution in [1.82, 2.24) is 5.43 Å². The number of halogens is 1. The van der Waals surface area contributed by atoms with Gasteiger partial charge in [-0.3, -0.25) is 14.9 Å². The van der Waals surface area contributed by atoms with E-state index in [4.69, 9.17) is 9.47 Å². The molecule has 9 heteroatoms. The van der Waals surface area contributed by atoms with Crippen molar-refractivity contribution >= 4 is 33.7 Å². The molecule has 0 aromatic heterocycles. The number of carbonyl (C=O) groups is 1. The molecular weight excluding hydrogens is 466 g/mol. The standard InChI is InChI=1S/C22H18BrN3O5/c1-30-21-11-8-18(26(28)29)12-20(21)22(27)25-24-13-15-4-9-19(10-5-15)31-14-16-2-6-17(23)7-3-16/h2-13H,14H2,1H3,(H,25,27)/b24-13-. The molecular formula is C22H18BrN3O5. The van der Waals surface area contributed by atoms with Crippen molar-refractivity contribution in [3.63, 3.8) is 0 Å². The molecule has 0 bridgehead atoms. The van der Waals surface area contributed by atoms with E-state index in [0.717, 1.165) is 21.7 Å². The van der Waals surface area contributed by atoms with Crippen LogP contribution in [0.2, 0.25) is 0 Å². The van der Waals surface area contributed by atoms with Crippen molar-refractivity contribution in [3.8, 4) is 11.5 Å². The molecule has 0 spiro atoms. The molecule has 1 N–H and O–H groups in total. The lowest BCUT2D eigenvalue weighted by Gasteiger charge is -2.07. The van der Waals surface area contributed by atoms with Gasteiger partial charge in [0, 0.05) is 16.6 Å². The topological polar surface area (TPSA) is 103 Å². The first-order chi connectivity index (χ1) is 15.0. The summed E-state index contributed by atoms with van der Waals surface area (Å²) in [7, 11) is 1.38. The molecule has 158 valence electrons. The van der Waals surface area contributed by atoms with Crippen LogP contribution in [-0.4, -0.2) is 24.2 Å². The van der Waals surface area contributed by atoms with Crippen LogP contribution in [0.1, 0.15) is 21.5 Å². The lowest BCUT2D eigenvalue weighted by molar-refractivity contribution is -0.384. The number of nitro groups is 1. The maximum Gasteiger partial charge on any atom is 0.275 e. The molecule has 3 rings (SSSR count). The summed E-state index contributed by atoms with van der Waals surface area (Å²) in [6.07, 6.45) is 1.46. The van der Waals surface area contributed by atoms with Crippen LogP contribution in [0.15, 0.2) is 76.3 Å². The van der Waals surface area contributed by atoms with Gasteiger partial charge >= 0.3 is 0 Å². The minimum Gasteiger partial charge on any atom is -0.496 e. The number of non-ortho nitro benzene ring substituents is 1. The highest BCUT2D eigenvalue weighted by molar-refractivity contribution is 9.10. The molecule has 0 fully saturated rings. The third-order valence-electron chi connectivity index (χ3n) is 4.22. The van der Waals surface area contributed by atoms with Gasteiger partial charge in [0.25, 0.3) is 11.6 Å². The predicted molar refractivity (Wildman–Crippen MR) is 120 cm³/mol. The van der Waals surface area contributed by atoms with E-state index < -0.39 is 10.8 Å². The number of nitro benzene ring substituents is 1. The molecule has 0 atom stereocenters. The van der Waals surface area contributed by atoms with Crippen LogP contribution in [0.25, 0.3) is 0 Å². The smallest absolute Gasteiger partial charge is 0.275 e. The van der Waals surface area contributed by atoms with Crippen LogP contribution in [0.3, 0.4) is 0 Å². The summed E-state index contributed by atoms with van der Waals surface area (Å²) < 4.78 is 11.8. The normalized spacial score (nSPS) is 10.6. The third-order valence-corrected chi connectivity index (χ3v) is 4.75. The van der Waals surface area contributed by atoms with Gasteiger partial charge in [0.1, 0.15) is 18.1 Å². The summed E-state index contributed by atoms with van der Waals surface area (Å²) in [6, 6.07) is 18.8.